The van der Waals surface area contributed by atoms with E-state index in [-0.39, 0.29) is 5.70 Å². The first-order chi connectivity index (χ1) is 14.3. The average molecular weight is 559 g/mol. The number of hydrogen-bond acceptors (Lipinski definition) is 5. The maximum absolute atomic E-state index is 12.4. The van der Waals surface area contributed by atoms with Crippen molar-refractivity contribution in [2.45, 2.75) is 6.61 Å². The SMILES string of the molecule is COC(=O)CN1C(=O)N/C(=C/c2cc(Br)c(OCc3ccc(Cl)cc3)c(Br)c2)C1=O. The van der Waals surface area contributed by atoms with Gasteiger partial charge in [-0.25, -0.2) is 9.69 Å². The molecule has 10 heteroatoms. The lowest BCUT2D eigenvalue weighted by molar-refractivity contribution is -0.143. The first-order valence-electron chi connectivity index (χ1n) is 8.56. The highest BCUT2D eigenvalue weighted by molar-refractivity contribution is 9.11. The summed E-state index contributed by atoms with van der Waals surface area (Å²) in [6.45, 7) is -0.116. The van der Waals surface area contributed by atoms with Crippen LogP contribution in [-0.2, 0) is 20.9 Å². The molecule has 2 aromatic rings. The van der Waals surface area contributed by atoms with E-state index in [4.69, 9.17) is 16.3 Å². The van der Waals surface area contributed by atoms with Gasteiger partial charge in [-0.2, -0.15) is 0 Å². The van der Waals surface area contributed by atoms with Gasteiger partial charge in [0.1, 0.15) is 24.6 Å². The second kappa shape index (κ2) is 9.63. The molecular formula is C20H15Br2ClN2O5. The van der Waals surface area contributed by atoms with Crippen molar-refractivity contribution in [1.29, 1.82) is 0 Å². The molecule has 0 aliphatic carbocycles. The Morgan fingerprint density at radius 2 is 1.80 bits per heavy atom. The second-order valence-electron chi connectivity index (χ2n) is 6.18. The molecule has 7 nitrogen and oxygen atoms in total. The lowest BCUT2D eigenvalue weighted by Crippen LogP contribution is -2.36. The van der Waals surface area contributed by atoms with Crippen LogP contribution in [0.15, 0.2) is 51.0 Å². The molecule has 0 aromatic heterocycles. The third kappa shape index (κ3) is 5.21. The molecule has 1 fully saturated rings. The van der Waals surface area contributed by atoms with E-state index in [0.717, 1.165) is 10.5 Å². The minimum Gasteiger partial charge on any atom is -0.487 e. The van der Waals surface area contributed by atoms with Crippen molar-refractivity contribution in [3.8, 4) is 5.75 Å². The number of nitrogens with one attached hydrogen (secondary N) is 1. The van der Waals surface area contributed by atoms with Crippen LogP contribution in [0.2, 0.25) is 5.02 Å². The zero-order valence-corrected chi connectivity index (χ0v) is 19.5. The molecule has 1 heterocycles. The summed E-state index contributed by atoms with van der Waals surface area (Å²) in [4.78, 5) is 36.5. The number of carbonyl (C=O) groups excluding carboxylic acids is 3. The maximum Gasteiger partial charge on any atom is 0.329 e. The molecule has 2 aromatic carbocycles. The molecule has 1 saturated heterocycles. The Kier molecular flexibility index (Phi) is 7.17. The number of benzene rings is 2. The van der Waals surface area contributed by atoms with E-state index < -0.39 is 24.5 Å². The van der Waals surface area contributed by atoms with Gasteiger partial charge in [-0.1, -0.05) is 23.7 Å². The fourth-order valence-corrected chi connectivity index (χ4v) is 4.19. The van der Waals surface area contributed by atoms with E-state index in [2.05, 4.69) is 41.9 Å². The van der Waals surface area contributed by atoms with Crippen LogP contribution in [0.5, 0.6) is 5.75 Å². The van der Waals surface area contributed by atoms with E-state index in [1.807, 2.05) is 12.1 Å². The Morgan fingerprint density at radius 1 is 1.17 bits per heavy atom. The molecule has 0 bridgehead atoms. The number of ether oxygens (including phenoxy) is 2. The zero-order valence-electron chi connectivity index (χ0n) is 15.6. The van der Waals surface area contributed by atoms with Gasteiger partial charge in [-0.05, 0) is 73.3 Å². The van der Waals surface area contributed by atoms with E-state index in [0.29, 0.717) is 31.9 Å². The number of urea groups is 1. The number of nitrogens with zero attached hydrogens (tertiary/aromatic N) is 1. The van der Waals surface area contributed by atoms with Crippen LogP contribution in [0.4, 0.5) is 4.79 Å². The molecule has 0 radical (unpaired) electrons. The number of hydrogen-bond donors (Lipinski definition) is 1. The van der Waals surface area contributed by atoms with Gasteiger partial charge in [0, 0.05) is 5.02 Å². The molecule has 3 amide bonds. The fraction of sp³-hybridized carbons (Fsp3) is 0.150. The van der Waals surface area contributed by atoms with E-state index >= 15 is 0 Å². The molecule has 1 aliphatic heterocycles. The fourth-order valence-electron chi connectivity index (χ4n) is 2.61. The minimum absolute atomic E-state index is 0.0533. The van der Waals surface area contributed by atoms with Crippen LogP contribution >= 0.6 is 43.5 Å². The zero-order chi connectivity index (χ0) is 21.8. The average Bonchev–Trinajstić information content (AvgIpc) is 2.96. The normalized spacial score (nSPS) is 14.8. The first kappa shape index (κ1) is 22.3. The number of methoxy groups -OCH3 is 1. The molecule has 30 heavy (non-hydrogen) atoms. The van der Waals surface area contributed by atoms with Gasteiger partial charge in [0.15, 0.2) is 0 Å². The lowest BCUT2D eigenvalue weighted by atomic mass is 10.2. The number of esters is 1. The third-order valence-corrected chi connectivity index (χ3v) is 5.54. The quantitative estimate of drug-likeness (QED) is 0.321. The molecule has 1 N–H and O–H groups in total. The monoisotopic (exact) mass is 556 g/mol. The molecule has 1 aliphatic rings. The first-order valence-corrected chi connectivity index (χ1v) is 10.5. The number of imide groups is 1. The molecule has 0 saturated carbocycles. The van der Waals surface area contributed by atoms with Crippen molar-refractivity contribution in [2.24, 2.45) is 0 Å². The molecule has 3 rings (SSSR count). The predicted octanol–water partition coefficient (Wildman–Crippen LogP) is 4.51. The third-order valence-electron chi connectivity index (χ3n) is 4.11. The van der Waals surface area contributed by atoms with Crippen molar-refractivity contribution < 1.29 is 23.9 Å². The molecule has 0 unspecified atom stereocenters. The predicted molar refractivity (Wildman–Crippen MR) is 118 cm³/mol. The Labute approximate surface area is 194 Å². The van der Waals surface area contributed by atoms with Gasteiger partial charge in [0.2, 0.25) is 0 Å². The Balaban J connectivity index is 1.76. The molecule has 0 spiro atoms. The second-order valence-corrected chi connectivity index (χ2v) is 8.33. The molecule has 156 valence electrons. The Bertz CT molecular complexity index is 1020. The van der Waals surface area contributed by atoms with Crippen molar-refractivity contribution in [3.05, 3.63) is 67.2 Å². The lowest BCUT2D eigenvalue weighted by Gasteiger charge is -2.12. The topological polar surface area (TPSA) is 84.9 Å². The minimum atomic E-state index is -0.688. The van der Waals surface area contributed by atoms with Gasteiger partial charge >= 0.3 is 12.0 Å². The van der Waals surface area contributed by atoms with Gasteiger partial charge in [0.05, 0.1) is 16.1 Å². The smallest absolute Gasteiger partial charge is 0.329 e. The number of rotatable bonds is 6. The summed E-state index contributed by atoms with van der Waals surface area (Å²) >= 11 is 12.8. The van der Waals surface area contributed by atoms with E-state index in [9.17, 15) is 14.4 Å². The van der Waals surface area contributed by atoms with Crippen LogP contribution < -0.4 is 10.1 Å². The summed E-state index contributed by atoms with van der Waals surface area (Å²) in [5.41, 5.74) is 1.64. The highest BCUT2D eigenvalue weighted by atomic mass is 79.9. The van der Waals surface area contributed by atoms with E-state index in [1.54, 1.807) is 24.3 Å². The summed E-state index contributed by atoms with van der Waals surface area (Å²) in [7, 11) is 1.18. The number of amides is 3. The van der Waals surface area contributed by atoms with Gasteiger partial charge in [-0.3, -0.25) is 9.59 Å². The standard InChI is InChI=1S/C20H15Br2ClN2O5/c1-29-17(26)9-25-19(27)16(24-20(25)28)8-12-6-14(21)18(15(22)7-12)30-10-11-2-4-13(23)5-3-11/h2-8H,9-10H2,1H3,(H,24,28)/b16-8+. The summed E-state index contributed by atoms with van der Waals surface area (Å²) < 4.78 is 11.7. The van der Waals surface area contributed by atoms with Crippen LogP contribution in [-0.4, -0.2) is 36.5 Å². The van der Waals surface area contributed by atoms with Crippen molar-refractivity contribution >= 4 is 67.4 Å². The van der Waals surface area contributed by atoms with Gasteiger partial charge in [0.25, 0.3) is 5.91 Å². The van der Waals surface area contributed by atoms with Crippen molar-refractivity contribution in [1.82, 2.24) is 10.2 Å². The number of halogens is 3. The van der Waals surface area contributed by atoms with Crippen LogP contribution in [0.3, 0.4) is 0 Å². The summed E-state index contributed by atoms with van der Waals surface area (Å²) in [5, 5.41) is 3.10. The summed E-state index contributed by atoms with van der Waals surface area (Å²) in [6, 6.07) is 10.1. The van der Waals surface area contributed by atoms with Crippen LogP contribution in [0, 0.1) is 0 Å². The maximum atomic E-state index is 12.4. The molecular weight excluding hydrogens is 543 g/mol. The van der Waals surface area contributed by atoms with Crippen molar-refractivity contribution in [2.75, 3.05) is 13.7 Å². The van der Waals surface area contributed by atoms with Crippen LogP contribution in [0.1, 0.15) is 11.1 Å². The number of carbonyl (C=O) groups is 3. The largest absolute Gasteiger partial charge is 0.487 e. The van der Waals surface area contributed by atoms with Gasteiger partial charge in [-0.15, -0.1) is 0 Å². The Hall–Kier alpha value is -2.36. The molecule has 0 atom stereocenters. The highest BCUT2D eigenvalue weighted by Crippen LogP contribution is 2.36. The van der Waals surface area contributed by atoms with E-state index in [1.165, 1.54) is 13.2 Å². The summed E-state index contributed by atoms with van der Waals surface area (Å²) in [5.74, 6) is -0.714. The van der Waals surface area contributed by atoms with Gasteiger partial charge < -0.3 is 14.8 Å². The highest BCUT2D eigenvalue weighted by Gasteiger charge is 2.35. The van der Waals surface area contributed by atoms with Crippen LogP contribution in [0.25, 0.3) is 6.08 Å². The Morgan fingerprint density at radius 3 is 2.40 bits per heavy atom. The van der Waals surface area contributed by atoms with Crippen molar-refractivity contribution in [3.63, 3.8) is 0 Å². The summed E-state index contributed by atoms with van der Waals surface area (Å²) in [6.07, 6.45) is 1.51.